The summed E-state index contributed by atoms with van der Waals surface area (Å²) in [6.45, 7) is 12.3. The van der Waals surface area contributed by atoms with Gasteiger partial charge in [-0.2, -0.15) is 0 Å². The molecule has 1 aliphatic rings. The van der Waals surface area contributed by atoms with Gasteiger partial charge in [-0.25, -0.2) is 0 Å². The zero-order valence-electron chi connectivity index (χ0n) is 11.5. The topological polar surface area (TPSA) is 32.3 Å². The predicted octanol–water partition coefficient (Wildman–Crippen LogP) is 2.41. The molecule has 16 heavy (non-hydrogen) atoms. The van der Waals surface area contributed by atoms with Crippen LogP contribution in [0.3, 0.4) is 0 Å². The Morgan fingerprint density at radius 2 is 2.06 bits per heavy atom. The molecular formula is C13H28N2O. The van der Waals surface area contributed by atoms with Crippen LogP contribution in [-0.2, 0) is 4.79 Å². The number of nitrogens with one attached hydrogen (secondary N) is 1. The lowest BCUT2D eigenvalue weighted by Crippen LogP contribution is -2.45. The van der Waals surface area contributed by atoms with Crippen LogP contribution >= 0.6 is 0 Å². The van der Waals surface area contributed by atoms with Crippen molar-refractivity contribution in [3.8, 4) is 0 Å². The second-order valence-electron chi connectivity index (χ2n) is 4.10. The number of likely N-dealkylation sites (tertiary alicyclic amines) is 1. The third-order valence-corrected chi connectivity index (χ3v) is 3.07. The Balaban J connectivity index is 0.00000106. The highest BCUT2D eigenvalue weighted by Gasteiger charge is 2.29. The summed E-state index contributed by atoms with van der Waals surface area (Å²) in [6.07, 6.45) is 3.19. The first kappa shape index (κ1) is 15.4. The smallest absolute Gasteiger partial charge is 0.237 e. The minimum atomic E-state index is 0.133. The highest BCUT2D eigenvalue weighted by Crippen LogP contribution is 2.16. The van der Waals surface area contributed by atoms with E-state index in [2.05, 4.69) is 31.0 Å². The Morgan fingerprint density at radius 1 is 1.44 bits per heavy atom. The van der Waals surface area contributed by atoms with Gasteiger partial charge in [0.05, 0.1) is 6.04 Å². The fourth-order valence-corrected chi connectivity index (χ4v) is 1.94. The van der Waals surface area contributed by atoms with Gasteiger partial charge in [-0.3, -0.25) is 9.69 Å². The molecule has 1 heterocycles. The number of amides is 1. The normalized spacial score (nSPS) is 22.2. The molecule has 3 nitrogen and oxygen atoms in total. The molecule has 1 saturated heterocycles. The van der Waals surface area contributed by atoms with E-state index < -0.39 is 0 Å². The Morgan fingerprint density at radius 3 is 2.56 bits per heavy atom. The summed E-state index contributed by atoms with van der Waals surface area (Å²) < 4.78 is 0. The number of nitrogens with zero attached hydrogens (tertiary/aromatic N) is 1. The van der Waals surface area contributed by atoms with E-state index in [1.165, 1.54) is 0 Å². The average Bonchev–Trinajstić information content (AvgIpc) is 2.79. The first-order chi connectivity index (χ1) is 7.69. The molecule has 0 bridgehead atoms. The van der Waals surface area contributed by atoms with E-state index in [0.29, 0.717) is 6.04 Å². The van der Waals surface area contributed by atoms with Gasteiger partial charge >= 0.3 is 0 Å². The Hall–Kier alpha value is -0.570. The van der Waals surface area contributed by atoms with Crippen LogP contribution in [0.1, 0.15) is 53.9 Å². The van der Waals surface area contributed by atoms with Crippen LogP contribution in [0, 0.1) is 0 Å². The molecule has 1 amide bonds. The van der Waals surface area contributed by atoms with E-state index in [0.717, 1.165) is 32.4 Å². The number of hydrogen-bond acceptors (Lipinski definition) is 2. The maximum Gasteiger partial charge on any atom is 0.237 e. The van der Waals surface area contributed by atoms with Gasteiger partial charge in [0.2, 0.25) is 5.91 Å². The molecular weight excluding hydrogens is 200 g/mol. The maximum absolute atomic E-state index is 11.8. The van der Waals surface area contributed by atoms with Crippen molar-refractivity contribution < 1.29 is 4.79 Å². The van der Waals surface area contributed by atoms with Gasteiger partial charge in [-0.05, 0) is 39.3 Å². The number of carbonyl (C=O) groups is 1. The minimum absolute atomic E-state index is 0.133. The standard InChI is InChI=1S/C11H22N2O.C2H6/c1-4-9(3)12-11(14)10-7-6-8-13(10)5-2;1-2/h9-10H,4-8H2,1-3H3,(H,12,14);1-2H3. The summed E-state index contributed by atoms with van der Waals surface area (Å²) in [4.78, 5) is 14.1. The van der Waals surface area contributed by atoms with E-state index >= 15 is 0 Å². The van der Waals surface area contributed by atoms with Gasteiger partial charge in [-0.1, -0.05) is 27.7 Å². The van der Waals surface area contributed by atoms with Crippen molar-refractivity contribution in [1.82, 2.24) is 10.2 Å². The van der Waals surface area contributed by atoms with Gasteiger partial charge in [0.15, 0.2) is 0 Å². The largest absolute Gasteiger partial charge is 0.352 e. The molecule has 0 saturated carbocycles. The van der Waals surface area contributed by atoms with Crippen molar-refractivity contribution in [2.75, 3.05) is 13.1 Å². The summed E-state index contributed by atoms with van der Waals surface area (Å²) in [5.41, 5.74) is 0. The number of likely N-dealkylation sites (N-methyl/N-ethyl adjacent to an activating group) is 1. The minimum Gasteiger partial charge on any atom is -0.352 e. The monoisotopic (exact) mass is 228 g/mol. The van der Waals surface area contributed by atoms with Crippen molar-refractivity contribution >= 4 is 5.91 Å². The quantitative estimate of drug-likeness (QED) is 0.801. The zero-order valence-corrected chi connectivity index (χ0v) is 11.5. The fourth-order valence-electron chi connectivity index (χ4n) is 1.94. The SMILES string of the molecule is CC.CCC(C)NC(=O)C1CCCN1CC. The summed E-state index contributed by atoms with van der Waals surface area (Å²) >= 11 is 0. The van der Waals surface area contributed by atoms with E-state index in [1.54, 1.807) is 0 Å². The third-order valence-electron chi connectivity index (χ3n) is 3.07. The van der Waals surface area contributed by atoms with Crippen molar-refractivity contribution in [2.45, 2.75) is 66.0 Å². The molecule has 0 radical (unpaired) electrons. The van der Waals surface area contributed by atoms with Crippen molar-refractivity contribution in [2.24, 2.45) is 0 Å². The molecule has 3 heteroatoms. The van der Waals surface area contributed by atoms with E-state index in [9.17, 15) is 4.79 Å². The molecule has 96 valence electrons. The summed E-state index contributed by atoms with van der Waals surface area (Å²) in [5, 5.41) is 3.06. The summed E-state index contributed by atoms with van der Waals surface area (Å²) in [7, 11) is 0. The molecule has 1 rings (SSSR count). The van der Waals surface area contributed by atoms with Crippen molar-refractivity contribution in [3.63, 3.8) is 0 Å². The predicted molar refractivity (Wildman–Crippen MR) is 69.5 cm³/mol. The van der Waals surface area contributed by atoms with Crippen LogP contribution in [0.25, 0.3) is 0 Å². The van der Waals surface area contributed by atoms with Crippen LogP contribution in [0.4, 0.5) is 0 Å². The number of hydrogen-bond donors (Lipinski definition) is 1. The number of carbonyl (C=O) groups excluding carboxylic acids is 1. The molecule has 1 aliphatic heterocycles. The van der Waals surface area contributed by atoms with Crippen molar-refractivity contribution in [1.29, 1.82) is 0 Å². The van der Waals surface area contributed by atoms with E-state index in [1.807, 2.05) is 13.8 Å². The molecule has 0 aliphatic carbocycles. The zero-order chi connectivity index (χ0) is 12.6. The maximum atomic E-state index is 11.8. The van der Waals surface area contributed by atoms with Gasteiger partial charge in [0, 0.05) is 6.04 Å². The van der Waals surface area contributed by atoms with Gasteiger partial charge in [0.1, 0.15) is 0 Å². The molecule has 1 fully saturated rings. The Labute approximate surface area is 101 Å². The van der Waals surface area contributed by atoms with Crippen molar-refractivity contribution in [3.05, 3.63) is 0 Å². The lowest BCUT2D eigenvalue weighted by Gasteiger charge is -2.23. The van der Waals surface area contributed by atoms with Crippen LogP contribution in [0.15, 0.2) is 0 Å². The van der Waals surface area contributed by atoms with Gasteiger partial charge in [-0.15, -0.1) is 0 Å². The highest BCUT2D eigenvalue weighted by molar-refractivity contribution is 5.82. The number of rotatable bonds is 4. The second kappa shape index (κ2) is 8.57. The lowest BCUT2D eigenvalue weighted by molar-refractivity contribution is -0.126. The van der Waals surface area contributed by atoms with Crippen LogP contribution in [0.2, 0.25) is 0 Å². The lowest BCUT2D eigenvalue weighted by atomic mass is 10.2. The van der Waals surface area contributed by atoms with Crippen LogP contribution in [0.5, 0.6) is 0 Å². The third kappa shape index (κ3) is 4.52. The molecule has 0 aromatic heterocycles. The first-order valence-corrected chi connectivity index (χ1v) is 6.73. The average molecular weight is 228 g/mol. The van der Waals surface area contributed by atoms with Gasteiger partial charge < -0.3 is 5.32 Å². The highest BCUT2D eigenvalue weighted by atomic mass is 16.2. The Bertz CT molecular complexity index is 194. The molecule has 1 N–H and O–H groups in total. The van der Waals surface area contributed by atoms with E-state index in [-0.39, 0.29) is 11.9 Å². The summed E-state index contributed by atoms with van der Waals surface area (Å²) in [6, 6.07) is 0.441. The first-order valence-electron chi connectivity index (χ1n) is 6.73. The Kier molecular flexibility index (Phi) is 8.26. The van der Waals surface area contributed by atoms with Crippen LogP contribution < -0.4 is 5.32 Å². The summed E-state index contributed by atoms with van der Waals surface area (Å²) in [5.74, 6) is 0.221. The fraction of sp³-hybridized carbons (Fsp3) is 0.923. The van der Waals surface area contributed by atoms with Gasteiger partial charge in [0.25, 0.3) is 0 Å². The molecule has 2 atom stereocenters. The molecule has 0 aromatic rings. The molecule has 2 unspecified atom stereocenters. The molecule has 0 spiro atoms. The van der Waals surface area contributed by atoms with E-state index in [4.69, 9.17) is 0 Å². The van der Waals surface area contributed by atoms with Crippen LogP contribution in [-0.4, -0.2) is 36.0 Å². The molecule has 0 aromatic carbocycles. The second-order valence-corrected chi connectivity index (χ2v) is 4.10.